The van der Waals surface area contributed by atoms with Gasteiger partial charge in [-0.1, -0.05) is 48.0 Å². The summed E-state index contributed by atoms with van der Waals surface area (Å²) in [6.45, 7) is 1.84. The largest absolute Gasteiger partial charge is 0.483 e. The van der Waals surface area contributed by atoms with Crippen molar-refractivity contribution in [2.45, 2.75) is 18.4 Å². The van der Waals surface area contributed by atoms with E-state index in [1.54, 1.807) is 59.0 Å². The second-order valence-corrected chi connectivity index (χ2v) is 9.08. The van der Waals surface area contributed by atoms with Crippen LogP contribution in [0.3, 0.4) is 0 Å². The van der Waals surface area contributed by atoms with Gasteiger partial charge < -0.3 is 4.74 Å². The van der Waals surface area contributed by atoms with Crippen LogP contribution >= 0.6 is 22.6 Å². The Kier molecular flexibility index (Phi) is 7.03. The minimum Gasteiger partial charge on any atom is -0.483 e. The summed E-state index contributed by atoms with van der Waals surface area (Å²) < 4.78 is 58.8. The first-order valence-corrected chi connectivity index (χ1v) is 11.3. The Morgan fingerprint density at radius 3 is 2.43 bits per heavy atom. The molecular weight excluding hydrogens is 525 g/mol. The summed E-state index contributed by atoms with van der Waals surface area (Å²) >= 11 is 1.69. The normalized spacial score (nSPS) is 11.6. The molecule has 0 saturated heterocycles. The van der Waals surface area contributed by atoms with Crippen LogP contribution in [0.2, 0.25) is 0 Å². The Balaban J connectivity index is 1.75. The lowest BCUT2D eigenvalue weighted by Crippen LogP contribution is -2.18. The number of sulfonamides is 1. The average molecular weight is 542 g/mol. The molecule has 0 spiro atoms. The zero-order valence-corrected chi connectivity index (χ0v) is 18.7. The van der Waals surface area contributed by atoms with Gasteiger partial charge in [0, 0.05) is 5.56 Å². The summed E-state index contributed by atoms with van der Waals surface area (Å²) in [5.41, 5.74) is 1.75. The van der Waals surface area contributed by atoms with E-state index >= 15 is 0 Å². The summed E-state index contributed by atoms with van der Waals surface area (Å²) in [5.74, 6) is -2.29. The van der Waals surface area contributed by atoms with Gasteiger partial charge in [0.05, 0.1) is 14.7 Å². The summed E-state index contributed by atoms with van der Waals surface area (Å²) in [6.07, 6.45) is 1.04. The highest BCUT2D eigenvalue weighted by Gasteiger charge is 2.18. The van der Waals surface area contributed by atoms with Gasteiger partial charge in [0.25, 0.3) is 10.0 Å². The number of nitrogens with zero attached hydrogens (tertiary/aromatic N) is 1. The van der Waals surface area contributed by atoms with E-state index in [2.05, 4.69) is 5.10 Å². The molecule has 0 aromatic heterocycles. The van der Waals surface area contributed by atoms with Gasteiger partial charge >= 0.3 is 0 Å². The van der Waals surface area contributed by atoms with Crippen LogP contribution in [0.15, 0.2) is 70.7 Å². The molecule has 0 atom stereocenters. The predicted octanol–water partition coefficient (Wildman–Crippen LogP) is 4.77. The van der Waals surface area contributed by atoms with Crippen molar-refractivity contribution in [3.8, 4) is 5.75 Å². The van der Waals surface area contributed by atoms with Crippen LogP contribution in [0, 0.1) is 22.1 Å². The number of nitrogens with one attached hydrogen (secondary N) is 1. The van der Waals surface area contributed by atoms with Crippen molar-refractivity contribution in [2.75, 3.05) is 0 Å². The van der Waals surface area contributed by atoms with E-state index in [0.717, 1.165) is 23.4 Å². The van der Waals surface area contributed by atoms with Crippen molar-refractivity contribution in [3.63, 3.8) is 0 Å². The molecule has 9 heteroatoms. The molecule has 3 aromatic carbocycles. The zero-order valence-electron chi connectivity index (χ0n) is 15.8. The number of halogens is 3. The SMILES string of the molecule is Cc1ccc(S(=O)(=O)NN=Cc2cc(F)c(OCc3ccccc3)c(F)c2I)cc1. The van der Waals surface area contributed by atoms with Crippen molar-refractivity contribution in [1.29, 1.82) is 0 Å². The molecule has 0 heterocycles. The summed E-state index contributed by atoms with van der Waals surface area (Å²) in [5, 5.41) is 3.64. The Labute approximate surface area is 187 Å². The number of hydrogen-bond donors (Lipinski definition) is 1. The molecule has 1 N–H and O–H groups in total. The summed E-state index contributed by atoms with van der Waals surface area (Å²) in [6, 6.07) is 16.2. The van der Waals surface area contributed by atoms with Crippen LogP contribution in [-0.2, 0) is 16.6 Å². The predicted molar refractivity (Wildman–Crippen MR) is 119 cm³/mol. The molecule has 0 aliphatic rings. The van der Waals surface area contributed by atoms with E-state index in [1.807, 2.05) is 17.8 Å². The number of aryl methyl sites for hydroxylation is 1. The summed E-state index contributed by atoms with van der Waals surface area (Å²) in [4.78, 5) is 2.06. The fourth-order valence-electron chi connectivity index (χ4n) is 2.49. The maximum atomic E-state index is 14.6. The molecule has 0 unspecified atom stereocenters. The molecule has 0 amide bonds. The first-order valence-electron chi connectivity index (χ1n) is 8.73. The van der Waals surface area contributed by atoms with Crippen LogP contribution in [-0.4, -0.2) is 14.6 Å². The van der Waals surface area contributed by atoms with Crippen molar-refractivity contribution in [3.05, 3.63) is 92.6 Å². The van der Waals surface area contributed by atoms with Gasteiger partial charge in [0.1, 0.15) is 6.61 Å². The quantitative estimate of drug-likeness (QED) is 0.203. The molecule has 0 radical (unpaired) electrons. The molecule has 0 bridgehead atoms. The molecule has 5 nitrogen and oxygen atoms in total. The lowest BCUT2D eigenvalue weighted by atomic mass is 10.2. The molecule has 30 heavy (non-hydrogen) atoms. The number of ether oxygens (including phenoxy) is 1. The van der Waals surface area contributed by atoms with Crippen molar-refractivity contribution in [1.82, 2.24) is 4.83 Å². The van der Waals surface area contributed by atoms with Gasteiger partial charge in [-0.15, -0.1) is 0 Å². The molecule has 156 valence electrons. The first-order chi connectivity index (χ1) is 14.3. The third-order valence-electron chi connectivity index (χ3n) is 4.08. The maximum absolute atomic E-state index is 14.6. The van der Waals surface area contributed by atoms with Gasteiger partial charge in [-0.3, -0.25) is 0 Å². The minimum absolute atomic E-state index is 0.00848. The van der Waals surface area contributed by atoms with Crippen LogP contribution < -0.4 is 9.57 Å². The van der Waals surface area contributed by atoms with Gasteiger partial charge in [-0.2, -0.15) is 13.5 Å². The topological polar surface area (TPSA) is 67.8 Å². The van der Waals surface area contributed by atoms with Gasteiger partial charge in [0.2, 0.25) is 0 Å². The van der Waals surface area contributed by atoms with Crippen molar-refractivity contribution < 1.29 is 21.9 Å². The van der Waals surface area contributed by atoms with Crippen LogP contribution in [0.5, 0.6) is 5.75 Å². The fraction of sp³-hybridized carbons (Fsp3) is 0.0952. The Morgan fingerprint density at radius 1 is 1.10 bits per heavy atom. The molecular formula is C21H17F2IN2O3S. The number of hydrazone groups is 1. The second-order valence-electron chi connectivity index (χ2n) is 6.34. The van der Waals surface area contributed by atoms with E-state index in [0.29, 0.717) is 0 Å². The smallest absolute Gasteiger partial charge is 0.276 e. The number of hydrogen-bond acceptors (Lipinski definition) is 4. The highest BCUT2D eigenvalue weighted by atomic mass is 127. The average Bonchev–Trinajstić information content (AvgIpc) is 2.72. The number of benzene rings is 3. The molecule has 3 rings (SSSR count). The number of rotatable bonds is 7. The van der Waals surface area contributed by atoms with Gasteiger partial charge in [-0.05, 0) is 53.3 Å². The van der Waals surface area contributed by atoms with E-state index in [4.69, 9.17) is 4.74 Å². The van der Waals surface area contributed by atoms with Crippen molar-refractivity contribution >= 4 is 38.8 Å². The minimum atomic E-state index is -3.89. The Morgan fingerprint density at radius 2 is 1.77 bits per heavy atom. The maximum Gasteiger partial charge on any atom is 0.276 e. The standard InChI is InChI=1S/C21H17F2IN2O3S/c1-14-7-9-17(10-8-14)30(27,28)26-25-12-16-11-18(22)21(19(23)20(16)24)29-13-15-5-3-2-4-6-15/h2-12,26H,13H2,1H3. The molecule has 0 fully saturated rings. The van der Waals surface area contributed by atoms with Crippen LogP contribution in [0.25, 0.3) is 0 Å². The third-order valence-corrected chi connectivity index (χ3v) is 6.41. The lowest BCUT2D eigenvalue weighted by Gasteiger charge is -2.11. The molecule has 0 aliphatic carbocycles. The van der Waals surface area contributed by atoms with Crippen molar-refractivity contribution in [2.24, 2.45) is 5.10 Å². The van der Waals surface area contributed by atoms with Crippen LogP contribution in [0.1, 0.15) is 16.7 Å². The zero-order chi connectivity index (χ0) is 21.7. The van der Waals surface area contributed by atoms with E-state index < -0.39 is 27.4 Å². The van der Waals surface area contributed by atoms with Gasteiger partial charge in [0.15, 0.2) is 17.4 Å². The highest BCUT2D eigenvalue weighted by molar-refractivity contribution is 14.1. The fourth-order valence-corrected chi connectivity index (χ4v) is 3.82. The summed E-state index contributed by atoms with van der Waals surface area (Å²) in [7, 11) is -3.89. The van der Waals surface area contributed by atoms with Gasteiger partial charge in [-0.25, -0.2) is 13.6 Å². The molecule has 0 aliphatic heterocycles. The highest BCUT2D eigenvalue weighted by Crippen LogP contribution is 2.29. The Bertz CT molecular complexity index is 1170. The Hall–Kier alpha value is -2.53. The molecule has 3 aromatic rings. The second kappa shape index (κ2) is 9.52. The third kappa shape index (κ3) is 5.33. The van der Waals surface area contributed by atoms with E-state index in [9.17, 15) is 17.2 Å². The monoisotopic (exact) mass is 542 g/mol. The molecule has 0 saturated carbocycles. The van der Waals surface area contributed by atoms with E-state index in [1.165, 1.54) is 12.1 Å². The lowest BCUT2D eigenvalue weighted by molar-refractivity contribution is 0.273. The first kappa shape index (κ1) is 22.2. The van der Waals surface area contributed by atoms with Crippen LogP contribution in [0.4, 0.5) is 8.78 Å². The van der Waals surface area contributed by atoms with E-state index in [-0.39, 0.29) is 20.6 Å².